The first-order valence-corrected chi connectivity index (χ1v) is 13.7. The Morgan fingerprint density at radius 2 is 1.95 bits per heavy atom. The third-order valence-corrected chi connectivity index (χ3v) is 9.34. The van der Waals surface area contributed by atoms with Crippen LogP contribution < -0.4 is 0 Å². The number of aryl methyl sites for hydroxylation is 2. The summed E-state index contributed by atoms with van der Waals surface area (Å²) in [5.74, 6) is 2.47. The number of benzene rings is 1. The molecule has 0 radical (unpaired) electrons. The van der Waals surface area contributed by atoms with Gasteiger partial charge in [0.05, 0.1) is 11.6 Å². The van der Waals surface area contributed by atoms with Crippen LogP contribution in [0.25, 0.3) is 11.0 Å². The highest BCUT2D eigenvalue weighted by atomic mass is 16.2. The van der Waals surface area contributed by atoms with Crippen molar-refractivity contribution in [1.82, 2.24) is 14.5 Å². The number of amides is 1. The minimum atomic E-state index is -0.00809. The lowest BCUT2D eigenvalue weighted by Crippen LogP contribution is -2.42. The molecule has 1 unspecified atom stereocenters. The SMILES string of the molecule is Cc1c(CC(=O)c2cccc(C#N)c2)cnc2c1c(C1CCN(C(=O)C3C[C@H]4CC[C@@H]3C4)CC1)cn2C. The van der Waals surface area contributed by atoms with Crippen molar-refractivity contribution in [2.75, 3.05) is 13.1 Å². The fourth-order valence-corrected chi connectivity index (χ4v) is 7.29. The molecule has 1 aromatic carbocycles. The summed E-state index contributed by atoms with van der Waals surface area (Å²) in [4.78, 5) is 33.2. The molecule has 37 heavy (non-hydrogen) atoms. The van der Waals surface area contributed by atoms with Gasteiger partial charge in [-0.25, -0.2) is 4.98 Å². The van der Waals surface area contributed by atoms with E-state index in [1.54, 1.807) is 24.3 Å². The predicted octanol–water partition coefficient (Wildman–Crippen LogP) is 5.32. The van der Waals surface area contributed by atoms with E-state index >= 15 is 0 Å². The molecule has 2 aliphatic carbocycles. The largest absolute Gasteiger partial charge is 0.342 e. The lowest BCUT2D eigenvalue weighted by molar-refractivity contribution is -0.138. The standard InChI is InChI=1S/C31H34N4O2/c1-19-25(15-28(36)24-5-3-4-21(13-24)16-32)17-33-30-29(19)27(18-34(30)2)22-8-10-35(11-9-22)31(37)26-14-20-6-7-23(26)12-20/h3-5,13,17-18,20,22-23,26H,6-12,14-15H2,1-2H3/t20-,23+,26?/m0/s1. The number of nitriles is 1. The Morgan fingerprint density at radius 1 is 1.14 bits per heavy atom. The zero-order valence-electron chi connectivity index (χ0n) is 21.7. The molecule has 3 atom stereocenters. The lowest BCUT2D eigenvalue weighted by atomic mass is 9.85. The molecule has 3 aromatic rings. The molecule has 190 valence electrons. The normalized spacial score (nSPS) is 23.5. The van der Waals surface area contributed by atoms with Gasteiger partial charge >= 0.3 is 0 Å². The van der Waals surface area contributed by atoms with Gasteiger partial charge in [-0.05, 0) is 85.6 Å². The zero-order valence-corrected chi connectivity index (χ0v) is 21.7. The maximum Gasteiger partial charge on any atom is 0.225 e. The quantitative estimate of drug-likeness (QED) is 0.450. The van der Waals surface area contributed by atoms with E-state index in [2.05, 4.69) is 28.7 Å². The molecular formula is C31H34N4O2. The minimum absolute atomic E-state index is 0.00809. The number of likely N-dealkylation sites (tertiary alicyclic amines) is 1. The maximum atomic E-state index is 13.3. The smallest absolute Gasteiger partial charge is 0.225 e. The van der Waals surface area contributed by atoms with Crippen molar-refractivity contribution in [1.29, 1.82) is 5.26 Å². The third kappa shape index (κ3) is 4.25. The Hall–Kier alpha value is -3.46. The summed E-state index contributed by atoms with van der Waals surface area (Å²) in [6, 6.07) is 9.00. The second kappa shape index (κ2) is 9.45. The van der Waals surface area contributed by atoms with Gasteiger partial charge in [0.1, 0.15) is 5.65 Å². The molecule has 2 aromatic heterocycles. The van der Waals surface area contributed by atoms with Gasteiger partial charge in [-0.1, -0.05) is 18.6 Å². The van der Waals surface area contributed by atoms with Crippen LogP contribution in [-0.4, -0.2) is 39.2 Å². The number of hydrogen-bond donors (Lipinski definition) is 0. The zero-order chi connectivity index (χ0) is 25.7. The lowest BCUT2D eigenvalue weighted by Gasteiger charge is -2.35. The molecule has 3 fully saturated rings. The van der Waals surface area contributed by atoms with E-state index in [0.717, 1.165) is 60.4 Å². The van der Waals surface area contributed by atoms with Crippen LogP contribution in [0.1, 0.15) is 77.1 Å². The summed E-state index contributed by atoms with van der Waals surface area (Å²) in [5.41, 5.74) is 5.30. The number of piperidine rings is 1. The van der Waals surface area contributed by atoms with Gasteiger partial charge < -0.3 is 9.47 Å². The molecule has 6 nitrogen and oxygen atoms in total. The Balaban J connectivity index is 1.21. The first-order chi connectivity index (χ1) is 17.9. The number of carbonyl (C=O) groups is 2. The van der Waals surface area contributed by atoms with E-state index in [1.807, 2.05) is 13.2 Å². The topological polar surface area (TPSA) is 79.0 Å². The molecule has 2 bridgehead atoms. The van der Waals surface area contributed by atoms with E-state index in [-0.39, 0.29) is 18.1 Å². The number of fused-ring (bicyclic) bond motifs is 3. The number of pyridine rings is 1. The highest BCUT2D eigenvalue weighted by Gasteiger charge is 2.44. The second-order valence-electron chi connectivity index (χ2n) is 11.5. The van der Waals surface area contributed by atoms with E-state index in [4.69, 9.17) is 4.98 Å². The van der Waals surface area contributed by atoms with Gasteiger partial charge in [0, 0.05) is 55.8 Å². The molecule has 6 heteroatoms. The molecule has 1 saturated heterocycles. The summed E-state index contributed by atoms with van der Waals surface area (Å²) in [7, 11) is 2.03. The van der Waals surface area contributed by atoms with Gasteiger partial charge in [-0.3, -0.25) is 9.59 Å². The molecule has 3 heterocycles. The van der Waals surface area contributed by atoms with Crippen LogP contribution in [0.15, 0.2) is 36.7 Å². The van der Waals surface area contributed by atoms with Crippen LogP contribution >= 0.6 is 0 Å². The van der Waals surface area contributed by atoms with Crippen molar-refractivity contribution in [2.24, 2.45) is 24.8 Å². The maximum absolute atomic E-state index is 13.3. The molecule has 0 spiro atoms. The molecular weight excluding hydrogens is 460 g/mol. The van der Waals surface area contributed by atoms with Crippen LogP contribution in [0, 0.1) is 36.0 Å². The number of nitrogens with zero attached hydrogens (tertiary/aromatic N) is 4. The number of Topliss-reactive ketones (excluding diaryl/α,β-unsaturated/α-hetero) is 1. The Morgan fingerprint density at radius 3 is 2.65 bits per heavy atom. The van der Waals surface area contributed by atoms with Crippen molar-refractivity contribution in [3.05, 3.63) is 64.5 Å². The molecule has 3 aliphatic rings. The van der Waals surface area contributed by atoms with Gasteiger partial charge in [0.25, 0.3) is 0 Å². The first kappa shape index (κ1) is 23.9. The van der Waals surface area contributed by atoms with E-state index in [9.17, 15) is 14.9 Å². The van der Waals surface area contributed by atoms with Gasteiger partial charge in [0.15, 0.2) is 5.78 Å². The van der Waals surface area contributed by atoms with Crippen LogP contribution in [-0.2, 0) is 18.3 Å². The fourth-order valence-electron chi connectivity index (χ4n) is 7.29. The van der Waals surface area contributed by atoms with Crippen LogP contribution in [0.3, 0.4) is 0 Å². The summed E-state index contributed by atoms with van der Waals surface area (Å²) >= 11 is 0. The van der Waals surface area contributed by atoms with Crippen molar-refractivity contribution in [2.45, 2.75) is 57.8 Å². The summed E-state index contributed by atoms with van der Waals surface area (Å²) < 4.78 is 2.09. The molecule has 1 amide bonds. The number of carbonyl (C=O) groups excluding carboxylic acids is 2. The molecule has 0 N–H and O–H groups in total. The van der Waals surface area contributed by atoms with Crippen LogP contribution in [0.2, 0.25) is 0 Å². The van der Waals surface area contributed by atoms with Gasteiger partial charge in [-0.15, -0.1) is 0 Å². The number of rotatable bonds is 5. The van der Waals surface area contributed by atoms with Crippen LogP contribution in [0.4, 0.5) is 0 Å². The van der Waals surface area contributed by atoms with E-state index < -0.39 is 0 Å². The summed E-state index contributed by atoms with van der Waals surface area (Å²) in [6.45, 7) is 3.75. The Kier molecular flexibility index (Phi) is 6.10. The summed E-state index contributed by atoms with van der Waals surface area (Å²) in [5, 5.41) is 10.3. The van der Waals surface area contributed by atoms with Crippen molar-refractivity contribution in [3.63, 3.8) is 0 Å². The molecule has 1 aliphatic heterocycles. The number of ketones is 1. The van der Waals surface area contributed by atoms with Gasteiger partial charge in [-0.2, -0.15) is 5.26 Å². The third-order valence-electron chi connectivity index (χ3n) is 9.34. The van der Waals surface area contributed by atoms with Crippen molar-refractivity contribution < 1.29 is 9.59 Å². The number of hydrogen-bond acceptors (Lipinski definition) is 4. The van der Waals surface area contributed by atoms with E-state index in [0.29, 0.717) is 28.9 Å². The highest BCUT2D eigenvalue weighted by Crippen LogP contribution is 2.49. The van der Waals surface area contributed by atoms with Gasteiger partial charge in [0.2, 0.25) is 5.91 Å². The van der Waals surface area contributed by atoms with Crippen LogP contribution in [0.5, 0.6) is 0 Å². The average molecular weight is 495 g/mol. The highest BCUT2D eigenvalue weighted by molar-refractivity contribution is 5.98. The second-order valence-corrected chi connectivity index (χ2v) is 11.5. The molecule has 2 saturated carbocycles. The Labute approximate surface area is 218 Å². The summed E-state index contributed by atoms with van der Waals surface area (Å²) in [6.07, 6.45) is 11.2. The van der Waals surface area contributed by atoms with Crippen molar-refractivity contribution in [3.8, 4) is 6.07 Å². The predicted molar refractivity (Wildman–Crippen MR) is 142 cm³/mol. The first-order valence-electron chi connectivity index (χ1n) is 13.7. The average Bonchev–Trinajstić information content (AvgIpc) is 3.65. The van der Waals surface area contributed by atoms with E-state index in [1.165, 1.54) is 24.8 Å². The molecule has 6 rings (SSSR count). The number of aromatic nitrogens is 2. The van der Waals surface area contributed by atoms with Crippen molar-refractivity contribution >= 4 is 22.7 Å². The fraction of sp³-hybridized carbons (Fsp3) is 0.484. The monoisotopic (exact) mass is 494 g/mol. The minimum Gasteiger partial charge on any atom is -0.342 e. The Bertz CT molecular complexity index is 1420.